The molecule has 0 atom stereocenters. The van der Waals surface area contributed by atoms with Gasteiger partial charge in [-0.05, 0) is 55.9 Å². The zero-order valence-corrected chi connectivity index (χ0v) is 16.8. The Morgan fingerprint density at radius 3 is 2.29 bits per heavy atom. The Morgan fingerprint density at radius 1 is 1.00 bits per heavy atom. The Bertz CT molecular complexity index is 627. The fourth-order valence-corrected chi connectivity index (χ4v) is 3.39. The van der Waals surface area contributed by atoms with Crippen molar-refractivity contribution >= 4 is 18.0 Å². The molecule has 1 N–H and O–H groups in total. The van der Waals surface area contributed by atoms with E-state index in [1.54, 1.807) is 24.3 Å². The van der Waals surface area contributed by atoms with E-state index in [2.05, 4.69) is 6.92 Å². The minimum Gasteiger partial charge on any atom is -0.478 e. The van der Waals surface area contributed by atoms with Crippen molar-refractivity contribution in [2.24, 2.45) is 0 Å². The normalized spacial score (nSPS) is 19.6. The second kappa shape index (κ2) is 12.3. The van der Waals surface area contributed by atoms with Crippen LogP contribution in [0.25, 0.3) is 6.08 Å². The van der Waals surface area contributed by atoms with Gasteiger partial charge in [0.2, 0.25) is 0 Å². The number of hydrogen-bond donors (Lipinski definition) is 1. The summed E-state index contributed by atoms with van der Waals surface area (Å²) in [6.45, 7) is 3.05. The molecule has 1 aliphatic rings. The van der Waals surface area contributed by atoms with Crippen LogP contribution in [0.1, 0.15) is 80.6 Å². The summed E-state index contributed by atoms with van der Waals surface area (Å²) < 4.78 is 11.6. The molecule has 0 bridgehead atoms. The van der Waals surface area contributed by atoms with Crippen LogP contribution < -0.4 is 0 Å². The van der Waals surface area contributed by atoms with Gasteiger partial charge in [0.25, 0.3) is 0 Å². The van der Waals surface area contributed by atoms with Gasteiger partial charge in [0, 0.05) is 12.7 Å². The number of esters is 1. The van der Waals surface area contributed by atoms with Crippen molar-refractivity contribution in [2.45, 2.75) is 76.9 Å². The fourth-order valence-electron chi connectivity index (χ4n) is 3.39. The topological polar surface area (TPSA) is 72.8 Å². The Kier molecular flexibility index (Phi) is 9.77. The lowest BCUT2D eigenvalue weighted by Crippen LogP contribution is -2.28. The predicted molar refractivity (Wildman–Crippen MR) is 109 cm³/mol. The van der Waals surface area contributed by atoms with Crippen LogP contribution in [-0.4, -0.2) is 35.9 Å². The standard InChI is InChI=1S/C23H32O5/c1-2-3-4-5-6-17-27-20-12-14-21(15-13-20)28-23(26)19-10-7-18(8-11-19)9-16-22(24)25/h7-11,16,20-21H,2-6,12-15,17H2,1H3,(H,24,25)/b16-9+. The van der Waals surface area contributed by atoms with Gasteiger partial charge in [-0.2, -0.15) is 0 Å². The van der Waals surface area contributed by atoms with Crippen molar-refractivity contribution in [1.29, 1.82) is 0 Å². The highest BCUT2D eigenvalue weighted by Crippen LogP contribution is 2.24. The molecule has 1 aliphatic carbocycles. The number of ether oxygens (including phenoxy) is 2. The summed E-state index contributed by atoms with van der Waals surface area (Å²) in [4.78, 5) is 22.8. The largest absolute Gasteiger partial charge is 0.478 e. The third-order valence-electron chi connectivity index (χ3n) is 5.06. The molecule has 0 radical (unpaired) electrons. The van der Waals surface area contributed by atoms with Crippen LogP contribution >= 0.6 is 0 Å². The molecule has 0 unspecified atom stereocenters. The van der Waals surface area contributed by atoms with Crippen molar-refractivity contribution in [3.63, 3.8) is 0 Å². The zero-order valence-electron chi connectivity index (χ0n) is 16.8. The Hall–Kier alpha value is -2.14. The Balaban J connectivity index is 1.66. The van der Waals surface area contributed by atoms with Crippen LogP contribution in [0.15, 0.2) is 30.3 Å². The van der Waals surface area contributed by atoms with E-state index in [4.69, 9.17) is 14.6 Å². The molecule has 0 amide bonds. The first-order chi connectivity index (χ1) is 13.6. The smallest absolute Gasteiger partial charge is 0.338 e. The lowest BCUT2D eigenvalue weighted by molar-refractivity contribution is -0.131. The zero-order chi connectivity index (χ0) is 20.2. The van der Waals surface area contributed by atoms with Crippen LogP contribution in [-0.2, 0) is 14.3 Å². The van der Waals surface area contributed by atoms with Crippen molar-refractivity contribution in [1.82, 2.24) is 0 Å². The number of unbranched alkanes of at least 4 members (excludes halogenated alkanes) is 4. The maximum atomic E-state index is 12.3. The van der Waals surface area contributed by atoms with Crippen molar-refractivity contribution in [3.05, 3.63) is 41.5 Å². The summed E-state index contributed by atoms with van der Waals surface area (Å²) in [6, 6.07) is 6.75. The van der Waals surface area contributed by atoms with E-state index in [9.17, 15) is 9.59 Å². The van der Waals surface area contributed by atoms with E-state index in [1.165, 1.54) is 31.8 Å². The van der Waals surface area contributed by atoms with Crippen molar-refractivity contribution < 1.29 is 24.2 Å². The highest BCUT2D eigenvalue weighted by molar-refractivity contribution is 5.90. The molecule has 1 fully saturated rings. The number of carbonyl (C=O) groups excluding carboxylic acids is 1. The van der Waals surface area contributed by atoms with Gasteiger partial charge in [0.1, 0.15) is 6.10 Å². The van der Waals surface area contributed by atoms with Gasteiger partial charge in [-0.25, -0.2) is 9.59 Å². The summed E-state index contributed by atoms with van der Waals surface area (Å²) in [5.41, 5.74) is 1.21. The van der Waals surface area contributed by atoms with E-state index >= 15 is 0 Å². The highest BCUT2D eigenvalue weighted by atomic mass is 16.5. The third-order valence-corrected chi connectivity index (χ3v) is 5.06. The number of rotatable bonds is 11. The number of benzene rings is 1. The van der Waals surface area contributed by atoms with Crippen LogP contribution in [0.3, 0.4) is 0 Å². The van der Waals surface area contributed by atoms with E-state index in [0.29, 0.717) is 11.7 Å². The van der Waals surface area contributed by atoms with Crippen molar-refractivity contribution in [2.75, 3.05) is 6.61 Å². The molecule has 0 heterocycles. The summed E-state index contributed by atoms with van der Waals surface area (Å²) in [5, 5.41) is 8.64. The van der Waals surface area contributed by atoms with E-state index in [-0.39, 0.29) is 12.1 Å². The van der Waals surface area contributed by atoms with Gasteiger partial charge in [-0.3, -0.25) is 0 Å². The molecule has 2 rings (SSSR count). The van der Waals surface area contributed by atoms with E-state index in [0.717, 1.165) is 50.4 Å². The van der Waals surface area contributed by atoms with Crippen LogP contribution in [0.4, 0.5) is 0 Å². The maximum Gasteiger partial charge on any atom is 0.338 e. The number of carboxylic acid groups (broad SMARTS) is 1. The first kappa shape index (κ1) is 22.2. The summed E-state index contributed by atoms with van der Waals surface area (Å²) >= 11 is 0. The molecule has 154 valence electrons. The second-order valence-electron chi connectivity index (χ2n) is 7.38. The third kappa shape index (κ3) is 8.26. The van der Waals surface area contributed by atoms with Crippen LogP contribution in [0.2, 0.25) is 0 Å². The fraction of sp³-hybridized carbons (Fsp3) is 0.565. The summed E-state index contributed by atoms with van der Waals surface area (Å²) in [6.07, 6.45) is 12.6. The minimum atomic E-state index is -1.00. The first-order valence-electron chi connectivity index (χ1n) is 10.4. The molecule has 1 aromatic rings. The van der Waals surface area contributed by atoms with E-state index < -0.39 is 5.97 Å². The number of carboxylic acids is 1. The number of aliphatic carboxylic acids is 1. The molecule has 5 nitrogen and oxygen atoms in total. The number of hydrogen-bond acceptors (Lipinski definition) is 4. The minimum absolute atomic E-state index is 0.0523. The molecule has 0 saturated heterocycles. The highest BCUT2D eigenvalue weighted by Gasteiger charge is 2.24. The van der Waals surface area contributed by atoms with Gasteiger partial charge in [-0.1, -0.05) is 44.7 Å². The molecule has 1 aromatic carbocycles. The lowest BCUT2D eigenvalue weighted by Gasteiger charge is -2.28. The molecular weight excluding hydrogens is 356 g/mol. The van der Waals surface area contributed by atoms with Gasteiger partial charge < -0.3 is 14.6 Å². The molecule has 1 saturated carbocycles. The summed E-state index contributed by atoms with van der Waals surface area (Å²) in [5.74, 6) is -1.33. The average molecular weight is 389 g/mol. The van der Waals surface area contributed by atoms with Crippen LogP contribution in [0.5, 0.6) is 0 Å². The molecule has 0 aliphatic heterocycles. The quantitative estimate of drug-likeness (QED) is 0.319. The second-order valence-corrected chi connectivity index (χ2v) is 7.38. The van der Waals surface area contributed by atoms with Gasteiger partial charge in [0.15, 0.2) is 0 Å². The summed E-state index contributed by atoms with van der Waals surface area (Å²) in [7, 11) is 0. The predicted octanol–water partition coefficient (Wildman–Crippen LogP) is 5.24. The SMILES string of the molecule is CCCCCCCOC1CCC(OC(=O)c2ccc(/C=C/C(=O)O)cc2)CC1. The average Bonchev–Trinajstić information content (AvgIpc) is 2.70. The Morgan fingerprint density at radius 2 is 1.64 bits per heavy atom. The van der Waals surface area contributed by atoms with Gasteiger partial charge >= 0.3 is 11.9 Å². The Labute approximate surface area is 167 Å². The first-order valence-corrected chi connectivity index (χ1v) is 10.4. The molecule has 28 heavy (non-hydrogen) atoms. The van der Waals surface area contributed by atoms with Crippen molar-refractivity contribution in [3.8, 4) is 0 Å². The maximum absolute atomic E-state index is 12.3. The van der Waals surface area contributed by atoms with E-state index in [1.807, 2.05) is 0 Å². The number of carbonyl (C=O) groups is 2. The lowest BCUT2D eigenvalue weighted by atomic mass is 9.95. The van der Waals surface area contributed by atoms with Gasteiger partial charge in [-0.15, -0.1) is 0 Å². The molecule has 5 heteroatoms. The molecule has 0 aromatic heterocycles. The molecular formula is C23H32O5. The van der Waals surface area contributed by atoms with Crippen LogP contribution in [0, 0.1) is 0 Å². The monoisotopic (exact) mass is 388 g/mol. The molecule has 0 spiro atoms. The van der Waals surface area contributed by atoms with Gasteiger partial charge in [0.05, 0.1) is 11.7 Å².